The van der Waals surface area contributed by atoms with E-state index in [4.69, 9.17) is 0 Å². The van der Waals surface area contributed by atoms with Crippen molar-refractivity contribution in [3.63, 3.8) is 0 Å². The van der Waals surface area contributed by atoms with Gasteiger partial charge in [-0.15, -0.1) is 0 Å². The number of sulfone groups is 1. The summed E-state index contributed by atoms with van der Waals surface area (Å²) in [5.74, 6) is 0. The molecule has 0 saturated heterocycles. The van der Waals surface area contributed by atoms with Crippen LogP contribution in [0.5, 0.6) is 0 Å². The predicted molar refractivity (Wildman–Crippen MR) is 71.3 cm³/mol. The van der Waals surface area contributed by atoms with Crippen molar-refractivity contribution in [3.05, 3.63) is 29.3 Å². The third-order valence-electron chi connectivity index (χ3n) is 3.96. The van der Waals surface area contributed by atoms with Crippen molar-refractivity contribution in [2.45, 2.75) is 55.3 Å². The number of nitrogens with one attached hydrogen (secondary N) is 1. The first-order chi connectivity index (χ1) is 8.48. The maximum atomic E-state index is 12.3. The maximum absolute atomic E-state index is 12.3. The highest BCUT2D eigenvalue weighted by molar-refractivity contribution is 7.92. The van der Waals surface area contributed by atoms with Crippen molar-refractivity contribution >= 4 is 9.84 Å². The summed E-state index contributed by atoms with van der Waals surface area (Å²) in [5, 5.41) is 3.29. The molecule has 2 unspecified atom stereocenters. The molecule has 1 saturated carbocycles. The predicted octanol–water partition coefficient (Wildman–Crippen LogP) is 2.35. The zero-order valence-electron chi connectivity index (χ0n) is 10.8. The van der Waals surface area contributed by atoms with Crippen LogP contribution in [-0.4, -0.2) is 19.7 Å². The van der Waals surface area contributed by atoms with Gasteiger partial charge in [-0.3, -0.25) is 0 Å². The Morgan fingerprint density at radius 3 is 2.67 bits per heavy atom. The third kappa shape index (κ3) is 1.97. The first-order valence-electron chi connectivity index (χ1n) is 6.59. The minimum atomic E-state index is -3.13. The monoisotopic (exact) mass is 265 g/mol. The molecule has 18 heavy (non-hydrogen) atoms. The molecule has 4 heteroatoms. The SMILES string of the molecule is Cc1ccc2c(c1)C(NC1CC1)CC(C)S2(=O)=O. The lowest BCUT2D eigenvalue weighted by Gasteiger charge is -2.30. The van der Waals surface area contributed by atoms with Crippen LogP contribution < -0.4 is 5.32 Å². The zero-order chi connectivity index (χ0) is 12.9. The van der Waals surface area contributed by atoms with Crippen LogP contribution >= 0.6 is 0 Å². The minimum absolute atomic E-state index is 0.200. The van der Waals surface area contributed by atoms with Crippen LogP contribution in [0.1, 0.15) is 43.4 Å². The van der Waals surface area contributed by atoms with Gasteiger partial charge in [0.15, 0.2) is 9.84 Å². The van der Waals surface area contributed by atoms with E-state index in [1.165, 1.54) is 12.8 Å². The van der Waals surface area contributed by atoms with E-state index in [1.807, 2.05) is 26.0 Å². The van der Waals surface area contributed by atoms with Crippen molar-refractivity contribution in [1.82, 2.24) is 5.32 Å². The zero-order valence-corrected chi connectivity index (χ0v) is 11.6. The Bertz CT molecular complexity index is 575. The molecule has 2 aliphatic rings. The molecule has 3 nitrogen and oxygen atoms in total. The second-order valence-corrected chi connectivity index (χ2v) is 7.96. The molecule has 0 bridgehead atoms. The molecule has 1 aromatic rings. The lowest BCUT2D eigenvalue weighted by Crippen LogP contribution is -2.35. The van der Waals surface area contributed by atoms with E-state index >= 15 is 0 Å². The number of aryl methyl sites for hydroxylation is 1. The summed E-state index contributed by atoms with van der Waals surface area (Å²) >= 11 is 0. The molecular weight excluding hydrogens is 246 g/mol. The van der Waals surface area contributed by atoms with Gasteiger partial charge in [0, 0.05) is 12.1 Å². The molecular formula is C14H19NO2S. The summed E-state index contributed by atoms with van der Waals surface area (Å²) in [6, 6.07) is 6.49. The number of fused-ring (bicyclic) bond motifs is 1. The number of hydrogen-bond donors (Lipinski definition) is 1. The summed E-state index contributed by atoms with van der Waals surface area (Å²) < 4.78 is 24.7. The van der Waals surface area contributed by atoms with Crippen LogP contribution in [0.3, 0.4) is 0 Å². The first-order valence-corrected chi connectivity index (χ1v) is 8.13. The van der Waals surface area contributed by atoms with E-state index in [9.17, 15) is 8.42 Å². The number of hydrogen-bond acceptors (Lipinski definition) is 3. The van der Waals surface area contributed by atoms with Gasteiger partial charge in [0.25, 0.3) is 0 Å². The standard InChI is InChI=1S/C14H19NO2S/c1-9-3-6-14-12(7-9)13(15-11-4-5-11)8-10(2)18(14,16)17/h3,6-7,10-11,13,15H,4-5,8H2,1-2H3. The van der Waals surface area contributed by atoms with Crippen LogP contribution in [0.4, 0.5) is 0 Å². The van der Waals surface area contributed by atoms with E-state index in [1.54, 1.807) is 6.07 Å². The van der Waals surface area contributed by atoms with Crippen molar-refractivity contribution in [2.75, 3.05) is 0 Å². The van der Waals surface area contributed by atoms with Gasteiger partial charge in [-0.2, -0.15) is 0 Å². The lowest BCUT2D eigenvalue weighted by molar-refractivity contribution is 0.460. The molecule has 1 N–H and O–H groups in total. The molecule has 0 aromatic heterocycles. The van der Waals surface area contributed by atoms with Crippen molar-refractivity contribution in [3.8, 4) is 0 Å². The number of rotatable bonds is 2. The highest BCUT2D eigenvalue weighted by atomic mass is 32.2. The molecule has 0 radical (unpaired) electrons. The number of benzene rings is 1. The maximum Gasteiger partial charge on any atom is 0.181 e. The second kappa shape index (κ2) is 4.07. The van der Waals surface area contributed by atoms with Crippen LogP contribution in [-0.2, 0) is 9.84 Å². The highest BCUT2D eigenvalue weighted by Crippen LogP contribution is 2.38. The Balaban J connectivity index is 2.08. The van der Waals surface area contributed by atoms with E-state index < -0.39 is 9.84 Å². The molecule has 2 atom stereocenters. The van der Waals surface area contributed by atoms with Crippen molar-refractivity contribution < 1.29 is 8.42 Å². The van der Waals surface area contributed by atoms with E-state index in [2.05, 4.69) is 5.32 Å². The molecule has 1 heterocycles. The Morgan fingerprint density at radius 2 is 2.00 bits per heavy atom. The molecule has 1 fully saturated rings. The molecule has 1 aliphatic heterocycles. The third-order valence-corrected chi connectivity index (χ3v) is 6.20. The summed E-state index contributed by atoms with van der Waals surface area (Å²) in [4.78, 5) is 0.532. The molecule has 0 amide bonds. The Morgan fingerprint density at radius 1 is 1.28 bits per heavy atom. The van der Waals surface area contributed by atoms with Crippen LogP contribution in [0.15, 0.2) is 23.1 Å². The minimum Gasteiger partial charge on any atom is -0.307 e. The quantitative estimate of drug-likeness (QED) is 0.893. The van der Waals surface area contributed by atoms with Gasteiger partial charge in [0.1, 0.15) is 0 Å². The Labute approximate surface area is 109 Å². The molecule has 1 aliphatic carbocycles. The molecule has 1 aromatic carbocycles. The summed E-state index contributed by atoms with van der Waals surface area (Å²) in [6.07, 6.45) is 3.13. The van der Waals surface area contributed by atoms with E-state index in [0.29, 0.717) is 17.4 Å². The summed E-state index contributed by atoms with van der Waals surface area (Å²) in [6.45, 7) is 3.83. The van der Waals surface area contributed by atoms with Crippen LogP contribution in [0.25, 0.3) is 0 Å². The van der Waals surface area contributed by atoms with Crippen molar-refractivity contribution in [1.29, 1.82) is 0 Å². The van der Waals surface area contributed by atoms with Crippen molar-refractivity contribution in [2.24, 2.45) is 0 Å². The van der Waals surface area contributed by atoms with Gasteiger partial charge in [0.2, 0.25) is 0 Å². The first kappa shape index (κ1) is 12.2. The average molecular weight is 265 g/mol. The largest absolute Gasteiger partial charge is 0.307 e. The smallest absolute Gasteiger partial charge is 0.181 e. The van der Waals surface area contributed by atoms with Crippen LogP contribution in [0.2, 0.25) is 0 Å². The van der Waals surface area contributed by atoms with Gasteiger partial charge >= 0.3 is 0 Å². The fourth-order valence-electron chi connectivity index (χ4n) is 2.69. The van der Waals surface area contributed by atoms with E-state index in [-0.39, 0.29) is 11.3 Å². The molecule has 0 spiro atoms. The molecule has 3 rings (SSSR count). The average Bonchev–Trinajstić information content (AvgIpc) is 3.10. The molecule has 98 valence electrons. The normalized spacial score (nSPS) is 29.9. The van der Waals surface area contributed by atoms with Gasteiger partial charge in [-0.05, 0) is 44.7 Å². The van der Waals surface area contributed by atoms with Gasteiger partial charge in [0.05, 0.1) is 10.1 Å². The Kier molecular flexibility index (Phi) is 2.75. The Hall–Kier alpha value is -0.870. The highest BCUT2D eigenvalue weighted by Gasteiger charge is 2.38. The fourth-order valence-corrected chi connectivity index (χ4v) is 4.36. The fraction of sp³-hybridized carbons (Fsp3) is 0.571. The van der Waals surface area contributed by atoms with Gasteiger partial charge < -0.3 is 5.32 Å². The summed E-state index contributed by atoms with van der Waals surface area (Å²) in [5.41, 5.74) is 2.10. The van der Waals surface area contributed by atoms with Crippen LogP contribution in [0, 0.1) is 6.92 Å². The van der Waals surface area contributed by atoms with Gasteiger partial charge in [-0.25, -0.2) is 8.42 Å². The topological polar surface area (TPSA) is 46.2 Å². The van der Waals surface area contributed by atoms with E-state index in [0.717, 1.165) is 11.1 Å². The van der Waals surface area contributed by atoms with Gasteiger partial charge in [-0.1, -0.05) is 17.7 Å². The summed E-state index contributed by atoms with van der Waals surface area (Å²) in [7, 11) is -3.13. The lowest BCUT2D eigenvalue weighted by atomic mass is 9.99. The second-order valence-electron chi connectivity index (χ2n) is 5.63.